The number of rotatable bonds is 2. The fourth-order valence-electron chi connectivity index (χ4n) is 2.47. The minimum Gasteiger partial charge on any atom is -0.391 e. The summed E-state index contributed by atoms with van der Waals surface area (Å²) in [5, 5.41) is 9.27. The van der Waals surface area contributed by atoms with Gasteiger partial charge in [0.15, 0.2) is 9.84 Å². The lowest BCUT2D eigenvalue weighted by Crippen LogP contribution is -2.36. The Hall–Kier alpha value is -0.940. The van der Waals surface area contributed by atoms with Crippen molar-refractivity contribution >= 4 is 9.84 Å². The molecule has 1 N–H and O–H groups in total. The Balaban J connectivity index is 2.39. The van der Waals surface area contributed by atoms with Gasteiger partial charge < -0.3 is 5.11 Å². The molecule has 0 bridgehead atoms. The Bertz CT molecular complexity index is 551. The van der Waals surface area contributed by atoms with Gasteiger partial charge in [-0.05, 0) is 36.5 Å². The highest BCUT2D eigenvalue weighted by Crippen LogP contribution is 2.42. The average molecular weight is 272 g/mol. The van der Waals surface area contributed by atoms with Crippen LogP contribution < -0.4 is 0 Å². The van der Waals surface area contributed by atoms with Crippen molar-refractivity contribution in [1.82, 2.24) is 0 Å². The summed E-state index contributed by atoms with van der Waals surface area (Å²) in [5.41, 5.74) is -0.412. The molecule has 0 amide bonds. The zero-order valence-corrected chi connectivity index (χ0v) is 11.2. The van der Waals surface area contributed by atoms with Crippen LogP contribution in [0.4, 0.5) is 4.39 Å². The fourth-order valence-corrected chi connectivity index (χ4v) is 4.50. The van der Waals surface area contributed by atoms with E-state index in [9.17, 15) is 17.9 Å². The van der Waals surface area contributed by atoms with Crippen LogP contribution >= 0.6 is 0 Å². The first-order valence-corrected chi connectivity index (χ1v) is 7.47. The van der Waals surface area contributed by atoms with Crippen molar-refractivity contribution in [2.24, 2.45) is 5.41 Å². The molecule has 0 aromatic heterocycles. The van der Waals surface area contributed by atoms with Crippen LogP contribution in [-0.2, 0) is 9.84 Å². The number of sulfone groups is 1. The molecule has 1 aromatic rings. The smallest absolute Gasteiger partial charge is 0.183 e. The molecule has 1 aromatic carbocycles. The molecule has 2 unspecified atom stereocenters. The lowest BCUT2D eigenvalue weighted by Gasteiger charge is -2.25. The number of aliphatic hydroxyl groups is 1. The molecular formula is C13H17FO3S. The van der Waals surface area contributed by atoms with Crippen molar-refractivity contribution in [2.75, 3.05) is 0 Å². The second-order valence-electron chi connectivity index (χ2n) is 5.51. The van der Waals surface area contributed by atoms with Crippen LogP contribution in [0.15, 0.2) is 29.2 Å². The molecular weight excluding hydrogens is 255 g/mol. The van der Waals surface area contributed by atoms with Gasteiger partial charge in [-0.2, -0.15) is 0 Å². The molecule has 1 fully saturated rings. The van der Waals surface area contributed by atoms with Gasteiger partial charge in [0.2, 0.25) is 0 Å². The maximum absolute atomic E-state index is 13.1. The van der Waals surface area contributed by atoms with Gasteiger partial charge in [0.05, 0.1) is 16.2 Å². The van der Waals surface area contributed by atoms with E-state index in [4.69, 9.17) is 0 Å². The lowest BCUT2D eigenvalue weighted by atomic mass is 9.89. The van der Waals surface area contributed by atoms with Crippen LogP contribution in [-0.4, -0.2) is 24.9 Å². The van der Waals surface area contributed by atoms with E-state index in [1.165, 1.54) is 18.2 Å². The summed E-state index contributed by atoms with van der Waals surface area (Å²) in [6, 6.07) is 4.95. The molecule has 3 nitrogen and oxygen atoms in total. The van der Waals surface area contributed by atoms with E-state index < -0.39 is 32.4 Å². The maximum Gasteiger partial charge on any atom is 0.183 e. The highest BCUT2D eigenvalue weighted by atomic mass is 32.2. The molecule has 0 spiro atoms. The Morgan fingerprint density at radius 2 is 2.06 bits per heavy atom. The number of hydrogen-bond donors (Lipinski definition) is 1. The van der Waals surface area contributed by atoms with Crippen molar-refractivity contribution in [3.63, 3.8) is 0 Å². The minimum atomic E-state index is -3.67. The summed E-state index contributed by atoms with van der Waals surface area (Å²) in [7, 11) is -3.67. The van der Waals surface area contributed by atoms with E-state index in [0.29, 0.717) is 12.8 Å². The molecule has 1 saturated carbocycles. The van der Waals surface area contributed by atoms with Crippen molar-refractivity contribution in [3.05, 3.63) is 30.1 Å². The summed E-state index contributed by atoms with van der Waals surface area (Å²) in [5.74, 6) is -0.581. The third-order valence-corrected chi connectivity index (χ3v) is 5.95. The Kier molecular flexibility index (Phi) is 3.23. The molecule has 2 rings (SSSR count). The molecule has 1 aliphatic carbocycles. The lowest BCUT2D eigenvalue weighted by molar-refractivity contribution is 0.0816. The van der Waals surface area contributed by atoms with Gasteiger partial charge in [-0.3, -0.25) is 0 Å². The van der Waals surface area contributed by atoms with Crippen molar-refractivity contribution in [3.8, 4) is 0 Å². The molecule has 18 heavy (non-hydrogen) atoms. The molecule has 0 radical (unpaired) electrons. The Morgan fingerprint density at radius 1 is 1.39 bits per heavy atom. The van der Waals surface area contributed by atoms with Crippen LogP contribution in [0, 0.1) is 11.2 Å². The van der Waals surface area contributed by atoms with Gasteiger partial charge in [-0.15, -0.1) is 0 Å². The quantitative estimate of drug-likeness (QED) is 0.897. The first kappa shape index (κ1) is 13.5. The molecule has 0 aliphatic heterocycles. The Morgan fingerprint density at radius 3 is 2.56 bits per heavy atom. The topological polar surface area (TPSA) is 54.4 Å². The summed E-state index contributed by atoms with van der Waals surface area (Å²) in [6.45, 7) is 3.69. The summed E-state index contributed by atoms with van der Waals surface area (Å²) in [6.07, 6.45) is 0.145. The fraction of sp³-hybridized carbons (Fsp3) is 0.538. The van der Waals surface area contributed by atoms with E-state index in [2.05, 4.69) is 0 Å². The van der Waals surface area contributed by atoms with Crippen molar-refractivity contribution < 1.29 is 17.9 Å². The number of hydrogen-bond acceptors (Lipinski definition) is 3. The van der Waals surface area contributed by atoms with Crippen molar-refractivity contribution in [1.29, 1.82) is 0 Å². The van der Waals surface area contributed by atoms with E-state index in [1.807, 2.05) is 13.8 Å². The molecule has 0 saturated heterocycles. The largest absolute Gasteiger partial charge is 0.391 e. The molecule has 100 valence electrons. The van der Waals surface area contributed by atoms with E-state index in [1.54, 1.807) is 0 Å². The third kappa shape index (κ3) is 2.17. The second kappa shape index (κ2) is 4.31. The molecule has 2 atom stereocenters. The van der Waals surface area contributed by atoms with E-state index >= 15 is 0 Å². The minimum absolute atomic E-state index is 0.0516. The predicted octanol–water partition coefficient (Wildman–Crippen LogP) is 2.15. The normalized spacial score (nSPS) is 27.3. The maximum atomic E-state index is 13.1. The summed E-state index contributed by atoms with van der Waals surface area (Å²) >= 11 is 0. The van der Waals surface area contributed by atoms with Gasteiger partial charge in [0.25, 0.3) is 0 Å². The average Bonchev–Trinajstić information content (AvgIpc) is 2.54. The number of benzene rings is 1. The predicted molar refractivity (Wildman–Crippen MR) is 66.4 cm³/mol. The zero-order chi connectivity index (χ0) is 13.6. The molecule has 5 heteroatoms. The summed E-state index contributed by atoms with van der Waals surface area (Å²) < 4.78 is 37.8. The van der Waals surface area contributed by atoms with Gasteiger partial charge in [0.1, 0.15) is 5.82 Å². The van der Waals surface area contributed by atoms with Gasteiger partial charge in [0, 0.05) is 0 Å². The van der Waals surface area contributed by atoms with E-state index in [-0.39, 0.29) is 4.90 Å². The SMILES string of the molecule is CC1(C)CCC(S(=O)(=O)c2cccc(F)c2)C1O. The van der Waals surface area contributed by atoms with Crippen LogP contribution in [0.25, 0.3) is 0 Å². The van der Waals surface area contributed by atoms with Crippen LogP contribution in [0.5, 0.6) is 0 Å². The third-order valence-electron chi connectivity index (χ3n) is 3.75. The number of halogens is 1. The van der Waals surface area contributed by atoms with Crippen molar-refractivity contribution in [2.45, 2.75) is 42.9 Å². The van der Waals surface area contributed by atoms with Gasteiger partial charge in [-0.1, -0.05) is 19.9 Å². The van der Waals surface area contributed by atoms with Gasteiger partial charge >= 0.3 is 0 Å². The first-order chi connectivity index (χ1) is 8.25. The first-order valence-electron chi connectivity index (χ1n) is 5.93. The second-order valence-corrected chi connectivity index (χ2v) is 7.68. The Labute approximate surface area is 107 Å². The van der Waals surface area contributed by atoms with Crippen LogP contribution in [0.1, 0.15) is 26.7 Å². The highest BCUT2D eigenvalue weighted by molar-refractivity contribution is 7.92. The van der Waals surface area contributed by atoms with E-state index in [0.717, 1.165) is 6.07 Å². The highest BCUT2D eigenvalue weighted by Gasteiger charge is 2.47. The van der Waals surface area contributed by atoms with Crippen LogP contribution in [0.2, 0.25) is 0 Å². The number of aliphatic hydroxyl groups excluding tert-OH is 1. The standard InChI is InChI=1S/C13H17FO3S/c1-13(2)7-6-11(12(13)15)18(16,17)10-5-3-4-9(14)8-10/h3-5,8,11-12,15H,6-7H2,1-2H3. The summed E-state index contributed by atoms with van der Waals surface area (Å²) in [4.78, 5) is -0.0516. The van der Waals surface area contributed by atoms with Crippen LogP contribution in [0.3, 0.4) is 0 Å². The molecule has 1 aliphatic rings. The zero-order valence-electron chi connectivity index (χ0n) is 10.4. The molecule has 0 heterocycles. The van der Waals surface area contributed by atoms with Gasteiger partial charge in [-0.25, -0.2) is 12.8 Å². The monoisotopic (exact) mass is 272 g/mol.